The molecule has 0 aliphatic carbocycles. The zero-order chi connectivity index (χ0) is 14.3. The van der Waals surface area contributed by atoms with Gasteiger partial charge in [0.25, 0.3) is 0 Å². The van der Waals surface area contributed by atoms with Crippen molar-refractivity contribution in [2.45, 2.75) is 6.92 Å². The van der Waals surface area contributed by atoms with E-state index in [2.05, 4.69) is 13.2 Å². The Morgan fingerprint density at radius 3 is 2.11 bits per heavy atom. The van der Waals surface area contributed by atoms with Crippen molar-refractivity contribution in [2.75, 3.05) is 0 Å². The molecule has 0 unspecified atom stereocenters. The number of carbonyl (C=O) groups excluding carboxylic acids is 1. The summed E-state index contributed by atoms with van der Waals surface area (Å²) in [6, 6.07) is 11.4. The molecular formula is C17H19NO. The summed E-state index contributed by atoms with van der Waals surface area (Å²) < 4.78 is 1.84. The molecule has 0 fully saturated rings. The van der Waals surface area contributed by atoms with Gasteiger partial charge in [-0.3, -0.25) is 4.79 Å². The van der Waals surface area contributed by atoms with Crippen LogP contribution in [0.4, 0.5) is 0 Å². The normalized spacial score (nSPS) is 9.16. The number of benzene rings is 1. The van der Waals surface area contributed by atoms with Crippen molar-refractivity contribution in [1.29, 1.82) is 0 Å². The SMILES string of the molecule is C=CC=C.Cc1ccc(C(=O)c2cccn2C)cc1. The number of hydrogen-bond acceptors (Lipinski definition) is 1. The summed E-state index contributed by atoms with van der Waals surface area (Å²) >= 11 is 0. The van der Waals surface area contributed by atoms with Crippen LogP contribution in [-0.4, -0.2) is 10.4 Å². The summed E-state index contributed by atoms with van der Waals surface area (Å²) in [5, 5.41) is 0. The molecule has 2 aromatic rings. The van der Waals surface area contributed by atoms with Gasteiger partial charge in [0.2, 0.25) is 5.78 Å². The van der Waals surface area contributed by atoms with Crippen LogP contribution < -0.4 is 0 Å². The molecule has 2 rings (SSSR count). The van der Waals surface area contributed by atoms with Crippen molar-refractivity contribution in [3.8, 4) is 0 Å². The molecule has 0 radical (unpaired) electrons. The first kappa shape index (κ1) is 14.7. The first-order valence-electron chi connectivity index (χ1n) is 6.06. The topological polar surface area (TPSA) is 22.0 Å². The molecule has 1 aromatic heterocycles. The average molecular weight is 253 g/mol. The summed E-state index contributed by atoms with van der Waals surface area (Å²) in [5.74, 6) is 0.0718. The van der Waals surface area contributed by atoms with Crippen molar-refractivity contribution in [1.82, 2.24) is 4.57 Å². The van der Waals surface area contributed by atoms with Gasteiger partial charge in [0.15, 0.2) is 0 Å². The fourth-order valence-corrected chi connectivity index (χ4v) is 1.55. The van der Waals surface area contributed by atoms with Crippen LogP contribution in [0.2, 0.25) is 0 Å². The van der Waals surface area contributed by atoms with E-state index in [1.807, 2.05) is 61.1 Å². The van der Waals surface area contributed by atoms with E-state index in [0.717, 1.165) is 11.3 Å². The minimum absolute atomic E-state index is 0.0718. The van der Waals surface area contributed by atoms with E-state index in [4.69, 9.17) is 0 Å². The lowest BCUT2D eigenvalue weighted by Crippen LogP contribution is -2.06. The fraction of sp³-hybridized carbons (Fsp3) is 0.118. The highest BCUT2D eigenvalue weighted by molar-refractivity contribution is 6.07. The third-order valence-electron chi connectivity index (χ3n) is 2.66. The molecule has 0 spiro atoms. The van der Waals surface area contributed by atoms with Crippen molar-refractivity contribution in [3.63, 3.8) is 0 Å². The number of rotatable bonds is 3. The molecule has 0 bridgehead atoms. The third-order valence-corrected chi connectivity index (χ3v) is 2.66. The van der Waals surface area contributed by atoms with Crippen LogP contribution in [0.1, 0.15) is 21.6 Å². The molecule has 98 valence electrons. The number of carbonyl (C=O) groups is 1. The maximum absolute atomic E-state index is 12.0. The van der Waals surface area contributed by atoms with Crippen LogP contribution in [0, 0.1) is 6.92 Å². The lowest BCUT2D eigenvalue weighted by molar-refractivity contribution is 0.103. The average Bonchev–Trinajstić information content (AvgIpc) is 2.85. The van der Waals surface area contributed by atoms with E-state index >= 15 is 0 Å². The minimum atomic E-state index is 0.0718. The van der Waals surface area contributed by atoms with Crippen molar-refractivity contribution in [3.05, 3.63) is 84.7 Å². The second-order valence-electron chi connectivity index (χ2n) is 4.17. The predicted octanol–water partition coefficient (Wildman–Crippen LogP) is 3.92. The quantitative estimate of drug-likeness (QED) is 0.600. The molecular weight excluding hydrogens is 234 g/mol. The summed E-state index contributed by atoms with van der Waals surface area (Å²) in [6.07, 6.45) is 5.15. The number of aromatic nitrogens is 1. The van der Waals surface area contributed by atoms with E-state index in [0.29, 0.717) is 0 Å². The maximum Gasteiger partial charge on any atom is 0.209 e. The summed E-state index contributed by atoms with van der Waals surface area (Å²) in [7, 11) is 1.88. The van der Waals surface area contributed by atoms with E-state index in [-0.39, 0.29) is 5.78 Å². The van der Waals surface area contributed by atoms with Crippen LogP contribution in [0.3, 0.4) is 0 Å². The Bertz CT molecular complexity index is 555. The third kappa shape index (κ3) is 4.11. The van der Waals surface area contributed by atoms with Gasteiger partial charge in [-0.05, 0) is 19.1 Å². The Kier molecular flexibility index (Phi) is 5.55. The molecule has 0 N–H and O–H groups in total. The molecule has 1 aromatic carbocycles. The standard InChI is InChI=1S/C13H13NO.C4H6/c1-10-5-7-11(8-6-10)13(15)12-4-3-9-14(12)2;1-3-4-2/h3-9H,1-2H3;3-4H,1-2H2. The van der Waals surface area contributed by atoms with Crippen LogP contribution in [0.25, 0.3) is 0 Å². The van der Waals surface area contributed by atoms with Crippen molar-refractivity contribution in [2.24, 2.45) is 7.05 Å². The highest BCUT2D eigenvalue weighted by Crippen LogP contribution is 2.10. The van der Waals surface area contributed by atoms with Crippen LogP contribution in [0.15, 0.2) is 67.9 Å². The number of aryl methyl sites for hydroxylation is 2. The Balaban J connectivity index is 0.000000399. The lowest BCUT2D eigenvalue weighted by atomic mass is 10.1. The second-order valence-corrected chi connectivity index (χ2v) is 4.17. The summed E-state index contributed by atoms with van der Waals surface area (Å²) in [5.41, 5.74) is 2.62. The molecule has 0 aliphatic rings. The van der Waals surface area contributed by atoms with E-state index in [1.165, 1.54) is 5.56 Å². The predicted molar refractivity (Wildman–Crippen MR) is 80.4 cm³/mol. The highest BCUT2D eigenvalue weighted by atomic mass is 16.1. The molecule has 1 heterocycles. The molecule has 2 heteroatoms. The zero-order valence-electron chi connectivity index (χ0n) is 11.5. The number of ketones is 1. The summed E-state index contributed by atoms with van der Waals surface area (Å²) in [4.78, 5) is 12.0. The molecule has 2 nitrogen and oxygen atoms in total. The largest absolute Gasteiger partial charge is 0.348 e. The fourth-order valence-electron chi connectivity index (χ4n) is 1.55. The van der Waals surface area contributed by atoms with Gasteiger partial charge < -0.3 is 4.57 Å². The molecule has 0 atom stereocenters. The molecule has 19 heavy (non-hydrogen) atoms. The van der Waals surface area contributed by atoms with Crippen LogP contribution >= 0.6 is 0 Å². The number of allylic oxidation sites excluding steroid dienone is 2. The maximum atomic E-state index is 12.0. The van der Waals surface area contributed by atoms with E-state index in [9.17, 15) is 4.79 Å². The molecule has 0 amide bonds. The number of hydrogen-bond donors (Lipinski definition) is 0. The van der Waals surface area contributed by atoms with E-state index in [1.54, 1.807) is 12.2 Å². The Hall–Kier alpha value is -2.35. The monoisotopic (exact) mass is 253 g/mol. The van der Waals surface area contributed by atoms with Crippen molar-refractivity contribution >= 4 is 5.78 Å². The van der Waals surface area contributed by atoms with Gasteiger partial charge in [-0.25, -0.2) is 0 Å². The van der Waals surface area contributed by atoms with Gasteiger partial charge in [-0.2, -0.15) is 0 Å². The van der Waals surface area contributed by atoms with Gasteiger partial charge in [-0.15, -0.1) is 0 Å². The van der Waals surface area contributed by atoms with Crippen LogP contribution in [0.5, 0.6) is 0 Å². The Morgan fingerprint density at radius 1 is 1.11 bits per heavy atom. The van der Waals surface area contributed by atoms with Gasteiger partial charge >= 0.3 is 0 Å². The van der Waals surface area contributed by atoms with Gasteiger partial charge in [-0.1, -0.05) is 55.1 Å². The smallest absolute Gasteiger partial charge is 0.209 e. The van der Waals surface area contributed by atoms with Gasteiger partial charge in [0, 0.05) is 18.8 Å². The first-order chi connectivity index (χ1) is 9.10. The first-order valence-corrected chi connectivity index (χ1v) is 6.06. The molecule has 0 aliphatic heterocycles. The van der Waals surface area contributed by atoms with Gasteiger partial charge in [0.05, 0.1) is 5.69 Å². The van der Waals surface area contributed by atoms with E-state index < -0.39 is 0 Å². The Labute approximate surface area is 114 Å². The molecule has 0 saturated carbocycles. The minimum Gasteiger partial charge on any atom is -0.348 e. The summed E-state index contributed by atoms with van der Waals surface area (Å²) in [6.45, 7) is 8.73. The Morgan fingerprint density at radius 2 is 1.68 bits per heavy atom. The lowest BCUT2D eigenvalue weighted by Gasteiger charge is -2.02. The van der Waals surface area contributed by atoms with Crippen LogP contribution in [-0.2, 0) is 7.05 Å². The van der Waals surface area contributed by atoms with Crippen molar-refractivity contribution < 1.29 is 4.79 Å². The van der Waals surface area contributed by atoms with Gasteiger partial charge in [0.1, 0.15) is 0 Å². The second kappa shape index (κ2) is 7.17. The molecule has 0 saturated heterocycles. The highest BCUT2D eigenvalue weighted by Gasteiger charge is 2.10. The zero-order valence-corrected chi connectivity index (χ0v) is 11.5. The number of nitrogens with zero attached hydrogens (tertiary/aromatic N) is 1.